The van der Waals surface area contributed by atoms with Crippen molar-refractivity contribution in [3.63, 3.8) is 0 Å². The first-order valence-electron chi connectivity index (χ1n) is 10.2. The van der Waals surface area contributed by atoms with E-state index in [0.29, 0.717) is 29.6 Å². The van der Waals surface area contributed by atoms with Gasteiger partial charge in [-0.05, 0) is 36.1 Å². The zero-order valence-corrected chi connectivity index (χ0v) is 17.6. The molecule has 0 spiro atoms. The van der Waals surface area contributed by atoms with Crippen LogP contribution in [0, 0.1) is 5.92 Å². The smallest absolute Gasteiger partial charge is 0.404 e. The molecule has 0 aliphatic carbocycles. The largest absolute Gasteiger partial charge is 0.465 e. The number of amides is 2. The molecule has 3 rings (SSSR count). The first kappa shape index (κ1) is 22.3. The van der Waals surface area contributed by atoms with Crippen molar-refractivity contribution in [3.05, 3.63) is 66.1 Å². The van der Waals surface area contributed by atoms with Crippen LogP contribution < -0.4 is 5.32 Å². The molecule has 2 amide bonds. The third-order valence-electron chi connectivity index (χ3n) is 4.93. The van der Waals surface area contributed by atoms with E-state index >= 15 is 0 Å². The van der Waals surface area contributed by atoms with E-state index in [1.165, 1.54) is 6.39 Å². The SMILES string of the molecule is CC(C)CN(C[C@@H](O)C(Cc1ccccc1)NC(=O)O)C(=O)c1ccc2ncoc2c1. The van der Waals surface area contributed by atoms with Crippen molar-refractivity contribution >= 4 is 23.1 Å². The van der Waals surface area contributed by atoms with Crippen LogP contribution in [0.15, 0.2) is 59.3 Å². The maximum Gasteiger partial charge on any atom is 0.404 e. The first-order valence-corrected chi connectivity index (χ1v) is 10.2. The second-order valence-electron chi connectivity index (χ2n) is 7.95. The maximum atomic E-state index is 13.2. The van der Waals surface area contributed by atoms with Gasteiger partial charge in [-0.2, -0.15) is 0 Å². The van der Waals surface area contributed by atoms with Crippen LogP contribution in [0.3, 0.4) is 0 Å². The minimum atomic E-state index is -1.22. The highest BCUT2D eigenvalue weighted by Crippen LogP contribution is 2.17. The summed E-state index contributed by atoms with van der Waals surface area (Å²) in [5.41, 5.74) is 2.46. The molecular weight excluding hydrogens is 398 g/mol. The van der Waals surface area contributed by atoms with Crippen LogP contribution in [-0.4, -0.2) is 57.3 Å². The summed E-state index contributed by atoms with van der Waals surface area (Å²) in [4.78, 5) is 30.1. The van der Waals surface area contributed by atoms with Gasteiger partial charge in [0, 0.05) is 18.7 Å². The normalized spacial score (nSPS) is 13.2. The van der Waals surface area contributed by atoms with Gasteiger partial charge in [-0.15, -0.1) is 0 Å². The summed E-state index contributed by atoms with van der Waals surface area (Å²) in [6.07, 6.45) is -0.687. The minimum absolute atomic E-state index is 0.0107. The van der Waals surface area contributed by atoms with Gasteiger partial charge in [-0.3, -0.25) is 4.79 Å². The van der Waals surface area contributed by atoms with Crippen LogP contribution >= 0.6 is 0 Å². The van der Waals surface area contributed by atoms with Crippen molar-refractivity contribution in [2.24, 2.45) is 5.92 Å². The van der Waals surface area contributed by atoms with E-state index in [9.17, 15) is 19.8 Å². The first-order chi connectivity index (χ1) is 14.8. The van der Waals surface area contributed by atoms with Gasteiger partial charge >= 0.3 is 6.09 Å². The van der Waals surface area contributed by atoms with Crippen molar-refractivity contribution in [1.82, 2.24) is 15.2 Å². The molecule has 3 aromatic rings. The molecule has 0 radical (unpaired) electrons. The van der Waals surface area contributed by atoms with E-state index in [2.05, 4.69) is 10.3 Å². The topological polar surface area (TPSA) is 116 Å². The number of aliphatic hydroxyl groups excluding tert-OH is 1. The number of nitrogens with zero attached hydrogens (tertiary/aromatic N) is 2. The molecule has 1 heterocycles. The average molecular weight is 425 g/mol. The Morgan fingerprint density at radius 1 is 1.13 bits per heavy atom. The molecule has 0 bridgehead atoms. The van der Waals surface area contributed by atoms with Crippen LogP contribution in [0.2, 0.25) is 0 Å². The van der Waals surface area contributed by atoms with Gasteiger partial charge in [0.05, 0.1) is 12.1 Å². The molecule has 0 fully saturated rings. The molecule has 8 nitrogen and oxygen atoms in total. The molecule has 3 N–H and O–H groups in total. The lowest BCUT2D eigenvalue weighted by atomic mass is 10.00. The van der Waals surface area contributed by atoms with Gasteiger partial charge in [0.2, 0.25) is 0 Å². The fourth-order valence-electron chi connectivity index (χ4n) is 3.51. The maximum absolute atomic E-state index is 13.2. The number of carbonyl (C=O) groups excluding carboxylic acids is 1. The number of carboxylic acid groups (broad SMARTS) is 1. The van der Waals surface area contributed by atoms with Gasteiger partial charge in [-0.25, -0.2) is 9.78 Å². The average Bonchev–Trinajstić information content (AvgIpc) is 3.20. The van der Waals surface area contributed by atoms with E-state index < -0.39 is 18.2 Å². The highest BCUT2D eigenvalue weighted by Gasteiger charge is 2.27. The lowest BCUT2D eigenvalue weighted by Gasteiger charge is -2.31. The summed E-state index contributed by atoms with van der Waals surface area (Å²) in [5, 5.41) is 22.5. The number of benzene rings is 2. The fourth-order valence-corrected chi connectivity index (χ4v) is 3.51. The number of carbonyl (C=O) groups is 2. The summed E-state index contributed by atoms with van der Waals surface area (Å²) in [7, 11) is 0. The van der Waals surface area contributed by atoms with E-state index in [1.807, 2.05) is 44.2 Å². The highest BCUT2D eigenvalue weighted by atomic mass is 16.4. The Bertz CT molecular complexity index is 1020. The summed E-state index contributed by atoms with van der Waals surface area (Å²) in [6, 6.07) is 13.6. The molecule has 0 aliphatic rings. The number of aliphatic hydroxyl groups is 1. The van der Waals surface area contributed by atoms with Crippen molar-refractivity contribution in [2.45, 2.75) is 32.4 Å². The highest BCUT2D eigenvalue weighted by molar-refractivity contribution is 5.97. The number of hydrogen-bond acceptors (Lipinski definition) is 5. The summed E-state index contributed by atoms with van der Waals surface area (Å²) in [6.45, 7) is 4.35. The number of rotatable bonds is 9. The molecule has 0 saturated heterocycles. The minimum Gasteiger partial charge on any atom is -0.465 e. The van der Waals surface area contributed by atoms with Crippen molar-refractivity contribution in [2.75, 3.05) is 13.1 Å². The zero-order chi connectivity index (χ0) is 22.4. The molecule has 31 heavy (non-hydrogen) atoms. The predicted molar refractivity (Wildman–Crippen MR) is 116 cm³/mol. The van der Waals surface area contributed by atoms with Gasteiger partial charge in [0.1, 0.15) is 5.52 Å². The standard InChI is InChI=1S/C23H27N3O5/c1-15(2)12-26(22(28)17-8-9-18-21(11-17)31-14-24-18)13-20(27)19(25-23(29)30)10-16-6-4-3-5-7-16/h3-9,11,14-15,19-20,25,27H,10,12-13H2,1-2H3,(H,29,30)/t19?,20-/m1/s1. The molecule has 0 aliphatic heterocycles. The number of nitrogens with one attached hydrogen (secondary N) is 1. The number of aromatic nitrogens is 1. The second kappa shape index (κ2) is 10.1. The van der Waals surface area contributed by atoms with Crippen LogP contribution in [0.25, 0.3) is 11.1 Å². The third kappa shape index (κ3) is 6.05. The van der Waals surface area contributed by atoms with Crippen LogP contribution in [0.4, 0.5) is 4.79 Å². The molecule has 2 atom stereocenters. The van der Waals surface area contributed by atoms with Gasteiger partial charge < -0.3 is 24.8 Å². The monoisotopic (exact) mass is 425 g/mol. The van der Waals surface area contributed by atoms with Crippen molar-refractivity contribution in [3.8, 4) is 0 Å². The lowest BCUT2D eigenvalue weighted by molar-refractivity contribution is 0.0509. The van der Waals surface area contributed by atoms with E-state index in [-0.39, 0.29) is 18.4 Å². The van der Waals surface area contributed by atoms with E-state index in [4.69, 9.17) is 4.42 Å². The molecule has 2 aromatic carbocycles. The predicted octanol–water partition coefficient (Wildman–Crippen LogP) is 3.17. The molecule has 8 heteroatoms. The summed E-state index contributed by atoms with van der Waals surface area (Å²) >= 11 is 0. The van der Waals surface area contributed by atoms with E-state index in [0.717, 1.165) is 5.56 Å². The molecule has 0 saturated carbocycles. The van der Waals surface area contributed by atoms with Crippen molar-refractivity contribution in [1.29, 1.82) is 0 Å². The van der Waals surface area contributed by atoms with Gasteiger partial charge in [0.15, 0.2) is 12.0 Å². The van der Waals surface area contributed by atoms with Crippen LogP contribution in [0.1, 0.15) is 29.8 Å². The number of oxazole rings is 1. The van der Waals surface area contributed by atoms with E-state index in [1.54, 1.807) is 23.1 Å². The Labute approximate surface area is 180 Å². The third-order valence-corrected chi connectivity index (χ3v) is 4.93. The Morgan fingerprint density at radius 3 is 2.55 bits per heavy atom. The van der Waals surface area contributed by atoms with Gasteiger partial charge in [0.25, 0.3) is 5.91 Å². The second-order valence-corrected chi connectivity index (χ2v) is 7.95. The van der Waals surface area contributed by atoms with Crippen molar-refractivity contribution < 1.29 is 24.2 Å². The van der Waals surface area contributed by atoms with Gasteiger partial charge in [-0.1, -0.05) is 44.2 Å². The Kier molecular flexibility index (Phi) is 7.25. The fraction of sp³-hybridized carbons (Fsp3) is 0.348. The Morgan fingerprint density at radius 2 is 1.87 bits per heavy atom. The van der Waals surface area contributed by atoms with Crippen LogP contribution in [-0.2, 0) is 6.42 Å². The molecular formula is C23H27N3O5. The molecule has 1 aromatic heterocycles. The van der Waals surface area contributed by atoms with Crippen LogP contribution in [0.5, 0.6) is 0 Å². The molecule has 164 valence electrons. The summed E-state index contributed by atoms with van der Waals surface area (Å²) in [5.74, 6) is -0.106. The summed E-state index contributed by atoms with van der Waals surface area (Å²) < 4.78 is 5.29. The Balaban J connectivity index is 1.79. The lowest BCUT2D eigenvalue weighted by Crippen LogP contribution is -2.50. The zero-order valence-electron chi connectivity index (χ0n) is 17.6. The number of fused-ring (bicyclic) bond motifs is 1. The molecule has 1 unspecified atom stereocenters. The quantitative estimate of drug-likeness (QED) is 0.485. The Hall–Kier alpha value is -3.39. The number of hydrogen-bond donors (Lipinski definition) is 3.